The Kier molecular flexibility index (Phi) is 4.84. The molecule has 1 heterocycles. The van der Waals surface area contributed by atoms with E-state index < -0.39 is 15.4 Å². The fourth-order valence-electron chi connectivity index (χ4n) is 2.73. The monoisotopic (exact) mass is 344 g/mol. The van der Waals surface area contributed by atoms with Crippen LogP contribution in [0.3, 0.4) is 0 Å². The van der Waals surface area contributed by atoms with E-state index in [9.17, 15) is 13.2 Å². The van der Waals surface area contributed by atoms with E-state index >= 15 is 0 Å². The highest BCUT2D eigenvalue weighted by Crippen LogP contribution is 2.28. The second-order valence-electron chi connectivity index (χ2n) is 6.26. The van der Waals surface area contributed by atoms with Crippen molar-refractivity contribution in [3.8, 4) is 0 Å². The number of carbonyl (C=O) groups is 1. The van der Waals surface area contributed by atoms with Gasteiger partial charge in [0.05, 0.1) is 11.7 Å². The van der Waals surface area contributed by atoms with Crippen LogP contribution in [0.5, 0.6) is 0 Å². The molecule has 7 heteroatoms. The van der Waals surface area contributed by atoms with Crippen molar-refractivity contribution in [2.75, 3.05) is 19.3 Å². The van der Waals surface area contributed by atoms with Gasteiger partial charge in [-0.25, -0.2) is 13.1 Å². The summed E-state index contributed by atoms with van der Waals surface area (Å²) in [6, 6.07) is 7.03. The van der Waals surface area contributed by atoms with Gasteiger partial charge in [0.25, 0.3) is 0 Å². The van der Waals surface area contributed by atoms with Crippen LogP contribution in [-0.2, 0) is 20.2 Å². The molecule has 1 unspecified atom stereocenters. The summed E-state index contributed by atoms with van der Waals surface area (Å²) >= 11 is 5.89. The Morgan fingerprint density at radius 2 is 1.91 bits per heavy atom. The van der Waals surface area contributed by atoms with Gasteiger partial charge in [-0.3, -0.25) is 4.79 Å². The van der Waals surface area contributed by atoms with Crippen molar-refractivity contribution in [3.63, 3.8) is 0 Å². The van der Waals surface area contributed by atoms with Gasteiger partial charge in [-0.1, -0.05) is 23.7 Å². The van der Waals surface area contributed by atoms with Crippen molar-refractivity contribution in [1.82, 2.24) is 9.62 Å². The first-order chi connectivity index (χ1) is 10.1. The van der Waals surface area contributed by atoms with E-state index in [0.29, 0.717) is 24.5 Å². The average molecular weight is 345 g/mol. The van der Waals surface area contributed by atoms with Crippen molar-refractivity contribution in [2.24, 2.45) is 0 Å². The molecule has 1 atom stereocenters. The maximum absolute atomic E-state index is 12.8. The molecule has 0 saturated carbocycles. The smallest absolute Gasteiger partial charge is 0.232 e. The Labute approximate surface area is 136 Å². The molecule has 0 aliphatic carbocycles. The molecule has 5 nitrogen and oxygen atoms in total. The number of hydrogen-bond donors (Lipinski definition) is 1. The molecule has 0 aromatic heterocycles. The third-order valence-electron chi connectivity index (χ3n) is 3.96. The van der Waals surface area contributed by atoms with Crippen LogP contribution in [0.4, 0.5) is 0 Å². The number of benzene rings is 1. The predicted molar refractivity (Wildman–Crippen MR) is 87.4 cm³/mol. The minimum atomic E-state index is -3.25. The van der Waals surface area contributed by atoms with Gasteiger partial charge >= 0.3 is 0 Å². The van der Waals surface area contributed by atoms with Crippen LogP contribution >= 0.6 is 11.6 Å². The molecule has 1 saturated heterocycles. The summed E-state index contributed by atoms with van der Waals surface area (Å²) in [5.74, 6) is -0.00683. The van der Waals surface area contributed by atoms with Crippen LogP contribution in [-0.4, -0.2) is 44.6 Å². The largest absolute Gasteiger partial charge is 0.340 e. The second kappa shape index (κ2) is 6.18. The molecule has 1 fully saturated rings. The lowest BCUT2D eigenvalue weighted by molar-refractivity contribution is -0.135. The third kappa shape index (κ3) is 4.00. The van der Waals surface area contributed by atoms with Gasteiger partial charge in [0, 0.05) is 24.2 Å². The molecule has 22 heavy (non-hydrogen) atoms. The molecular weight excluding hydrogens is 324 g/mol. The van der Waals surface area contributed by atoms with Crippen molar-refractivity contribution < 1.29 is 13.2 Å². The Balaban J connectivity index is 2.09. The molecular formula is C15H21ClN2O3S. The summed E-state index contributed by atoms with van der Waals surface area (Å²) < 4.78 is 25.1. The van der Waals surface area contributed by atoms with Crippen molar-refractivity contribution >= 4 is 27.5 Å². The van der Waals surface area contributed by atoms with Crippen LogP contribution in [0, 0.1) is 0 Å². The Morgan fingerprint density at radius 1 is 1.32 bits per heavy atom. The molecule has 1 aromatic rings. The number of halogens is 1. The Morgan fingerprint density at radius 3 is 2.45 bits per heavy atom. The Hall–Kier alpha value is -1.11. The normalized spacial score (nSPS) is 19.5. The summed E-state index contributed by atoms with van der Waals surface area (Å²) in [6.45, 7) is 4.71. The summed E-state index contributed by atoms with van der Waals surface area (Å²) in [7, 11) is -3.25. The van der Waals surface area contributed by atoms with Gasteiger partial charge in [0.2, 0.25) is 15.9 Å². The number of hydrogen-bond acceptors (Lipinski definition) is 3. The lowest BCUT2D eigenvalue weighted by Crippen LogP contribution is -2.44. The molecule has 0 bridgehead atoms. The number of amides is 1. The number of rotatable bonds is 4. The zero-order valence-corrected chi connectivity index (χ0v) is 14.5. The SMILES string of the molecule is CC(C)(C(=O)N1CCC(NS(C)(=O)=O)C1)c1ccc(Cl)cc1. The summed E-state index contributed by atoms with van der Waals surface area (Å²) in [4.78, 5) is 14.5. The molecule has 1 aliphatic heterocycles. The maximum Gasteiger partial charge on any atom is 0.232 e. The minimum Gasteiger partial charge on any atom is -0.340 e. The fraction of sp³-hybridized carbons (Fsp3) is 0.533. The minimum absolute atomic E-state index is 0.00683. The van der Waals surface area contributed by atoms with Crippen LogP contribution in [0.15, 0.2) is 24.3 Å². The molecule has 122 valence electrons. The highest BCUT2D eigenvalue weighted by atomic mass is 35.5. The van der Waals surface area contributed by atoms with E-state index in [2.05, 4.69) is 4.72 Å². The number of carbonyl (C=O) groups excluding carboxylic acids is 1. The number of sulfonamides is 1. The topological polar surface area (TPSA) is 66.5 Å². The number of likely N-dealkylation sites (tertiary alicyclic amines) is 1. The summed E-state index contributed by atoms with van der Waals surface area (Å²) in [5, 5.41) is 0.630. The highest BCUT2D eigenvalue weighted by molar-refractivity contribution is 7.88. The van der Waals surface area contributed by atoms with Crippen LogP contribution < -0.4 is 4.72 Å². The van der Waals surface area contributed by atoms with Gasteiger partial charge in [-0.15, -0.1) is 0 Å². The molecule has 1 N–H and O–H groups in total. The van der Waals surface area contributed by atoms with E-state index in [1.807, 2.05) is 26.0 Å². The van der Waals surface area contributed by atoms with Crippen LogP contribution in [0.2, 0.25) is 5.02 Å². The van der Waals surface area contributed by atoms with Gasteiger partial charge in [-0.2, -0.15) is 0 Å². The molecule has 0 radical (unpaired) electrons. The van der Waals surface area contributed by atoms with Crippen molar-refractivity contribution in [2.45, 2.75) is 31.7 Å². The lowest BCUT2D eigenvalue weighted by atomic mass is 9.83. The highest BCUT2D eigenvalue weighted by Gasteiger charge is 2.37. The zero-order valence-electron chi connectivity index (χ0n) is 13.0. The van der Waals surface area contributed by atoms with E-state index in [4.69, 9.17) is 11.6 Å². The van der Waals surface area contributed by atoms with E-state index in [0.717, 1.165) is 11.8 Å². The number of nitrogens with zero attached hydrogens (tertiary/aromatic N) is 1. The quantitative estimate of drug-likeness (QED) is 0.905. The van der Waals surface area contributed by atoms with Gasteiger partial charge in [0.1, 0.15) is 0 Å². The summed E-state index contributed by atoms with van der Waals surface area (Å²) in [5.41, 5.74) is 0.214. The van der Waals surface area contributed by atoms with Gasteiger partial charge in [-0.05, 0) is 38.0 Å². The molecule has 2 rings (SSSR count). The fourth-order valence-corrected chi connectivity index (χ4v) is 3.65. The zero-order chi connectivity index (χ0) is 16.5. The summed E-state index contributed by atoms with van der Waals surface area (Å²) in [6.07, 6.45) is 1.77. The standard InChI is InChI=1S/C15H21ClN2O3S/c1-15(2,11-4-6-12(16)7-5-11)14(19)18-9-8-13(10-18)17-22(3,20)21/h4-7,13,17H,8-10H2,1-3H3. The van der Waals surface area contributed by atoms with Gasteiger partial charge < -0.3 is 4.90 Å². The third-order valence-corrected chi connectivity index (χ3v) is 4.97. The molecule has 0 spiro atoms. The van der Waals surface area contributed by atoms with Crippen LogP contribution in [0.1, 0.15) is 25.8 Å². The van der Waals surface area contributed by atoms with Crippen LogP contribution in [0.25, 0.3) is 0 Å². The van der Waals surface area contributed by atoms with Crippen molar-refractivity contribution in [1.29, 1.82) is 0 Å². The van der Waals surface area contributed by atoms with E-state index in [-0.39, 0.29) is 11.9 Å². The molecule has 1 aromatic carbocycles. The second-order valence-corrected chi connectivity index (χ2v) is 8.48. The van der Waals surface area contributed by atoms with Gasteiger partial charge in [0.15, 0.2) is 0 Å². The lowest BCUT2D eigenvalue weighted by Gasteiger charge is -2.30. The van der Waals surface area contributed by atoms with E-state index in [1.165, 1.54) is 0 Å². The van der Waals surface area contributed by atoms with E-state index in [1.54, 1.807) is 17.0 Å². The maximum atomic E-state index is 12.8. The first kappa shape index (κ1) is 17.2. The molecule has 1 amide bonds. The first-order valence-electron chi connectivity index (χ1n) is 7.12. The predicted octanol–water partition coefficient (Wildman–Crippen LogP) is 1.77. The Bertz CT molecular complexity index is 656. The average Bonchev–Trinajstić information content (AvgIpc) is 2.84. The van der Waals surface area contributed by atoms with Crippen molar-refractivity contribution in [3.05, 3.63) is 34.9 Å². The first-order valence-corrected chi connectivity index (χ1v) is 9.39. The molecule has 1 aliphatic rings. The number of nitrogens with one attached hydrogen (secondary N) is 1.